The second kappa shape index (κ2) is 6.13. The number of aromatic nitrogens is 3. The van der Waals surface area contributed by atoms with Gasteiger partial charge in [-0.25, -0.2) is 4.98 Å². The van der Waals surface area contributed by atoms with Crippen molar-refractivity contribution in [1.29, 1.82) is 0 Å². The molecule has 2 heterocycles. The van der Waals surface area contributed by atoms with Gasteiger partial charge in [-0.05, 0) is 26.7 Å². The summed E-state index contributed by atoms with van der Waals surface area (Å²) in [5.41, 5.74) is 0.835. The molecule has 0 bridgehead atoms. The Labute approximate surface area is 121 Å². The highest BCUT2D eigenvalue weighted by Gasteiger charge is 2.22. The second-order valence-electron chi connectivity index (χ2n) is 4.48. The van der Waals surface area contributed by atoms with Gasteiger partial charge in [-0.3, -0.25) is 4.79 Å². The molecular weight excluding hydrogens is 276 g/mol. The lowest BCUT2D eigenvalue weighted by Crippen LogP contribution is -2.28. The third kappa shape index (κ3) is 3.04. The van der Waals surface area contributed by atoms with Crippen LogP contribution in [0.25, 0.3) is 0 Å². The maximum Gasteiger partial charge on any atom is 0.263 e. The molecule has 2 aromatic heterocycles. The van der Waals surface area contributed by atoms with E-state index in [0.29, 0.717) is 23.0 Å². The van der Waals surface area contributed by atoms with E-state index in [-0.39, 0.29) is 11.9 Å². The molecule has 0 radical (unpaired) electrons. The highest BCUT2D eigenvalue weighted by atomic mass is 32.1. The minimum atomic E-state index is -0.268. The predicted molar refractivity (Wildman–Crippen MR) is 75.8 cm³/mol. The van der Waals surface area contributed by atoms with Crippen LogP contribution < -0.4 is 5.32 Å². The summed E-state index contributed by atoms with van der Waals surface area (Å²) in [6, 6.07) is -0.268. The summed E-state index contributed by atoms with van der Waals surface area (Å²) in [5.74, 6) is 0.878. The molecule has 0 aromatic carbocycles. The van der Waals surface area contributed by atoms with Crippen molar-refractivity contribution < 1.29 is 9.32 Å². The zero-order valence-electron chi connectivity index (χ0n) is 12.1. The van der Waals surface area contributed by atoms with Crippen molar-refractivity contribution in [3.63, 3.8) is 0 Å². The Balaban J connectivity index is 2.17. The maximum atomic E-state index is 12.4. The average molecular weight is 294 g/mol. The van der Waals surface area contributed by atoms with E-state index in [1.807, 2.05) is 20.8 Å². The molecule has 6 nitrogen and oxygen atoms in total. The Morgan fingerprint density at radius 2 is 2.10 bits per heavy atom. The van der Waals surface area contributed by atoms with Crippen LogP contribution in [0.4, 0.5) is 0 Å². The molecular formula is C13H18N4O2S. The zero-order chi connectivity index (χ0) is 14.7. The SMILES string of the molecule is CCc1nc(C)sc1C(=O)NC(CC)c1nc(C)no1. The lowest BCUT2D eigenvalue weighted by atomic mass is 10.2. The van der Waals surface area contributed by atoms with Crippen LogP contribution in [0.5, 0.6) is 0 Å². The van der Waals surface area contributed by atoms with Gasteiger partial charge >= 0.3 is 0 Å². The summed E-state index contributed by atoms with van der Waals surface area (Å²) in [5, 5.41) is 7.59. The first-order valence-corrected chi connectivity index (χ1v) is 7.44. The molecule has 2 aromatic rings. The normalized spacial score (nSPS) is 12.4. The van der Waals surface area contributed by atoms with Crippen LogP contribution >= 0.6 is 11.3 Å². The number of rotatable bonds is 5. The Morgan fingerprint density at radius 3 is 2.65 bits per heavy atom. The molecule has 0 fully saturated rings. The number of aryl methyl sites for hydroxylation is 3. The Hall–Kier alpha value is -1.76. The first-order valence-electron chi connectivity index (χ1n) is 6.62. The molecule has 1 N–H and O–H groups in total. The Bertz CT molecular complexity index is 605. The van der Waals surface area contributed by atoms with E-state index < -0.39 is 0 Å². The van der Waals surface area contributed by atoms with Gasteiger partial charge in [-0.15, -0.1) is 11.3 Å². The molecule has 2 rings (SSSR count). The van der Waals surface area contributed by atoms with Crippen LogP contribution in [0.2, 0.25) is 0 Å². The summed E-state index contributed by atoms with van der Waals surface area (Å²) < 4.78 is 5.13. The minimum absolute atomic E-state index is 0.129. The Kier molecular flexibility index (Phi) is 4.49. The molecule has 0 saturated carbocycles. The largest absolute Gasteiger partial charge is 0.339 e. The van der Waals surface area contributed by atoms with E-state index in [0.717, 1.165) is 17.1 Å². The van der Waals surface area contributed by atoms with Crippen LogP contribution in [-0.2, 0) is 6.42 Å². The van der Waals surface area contributed by atoms with Crippen molar-refractivity contribution in [2.45, 2.75) is 46.6 Å². The van der Waals surface area contributed by atoms with Gasteiger partial charge in [-0.1, -0.05) is 19.0 Å². The minimum Gasteiger partial charge on any atom is -0.339 e. The van der Waals surface area contributed by atoms with Crippen LogP contribution in [0.1, 0.15) is 58.4 Å². The fourth-order valence-corrected chi connectivity index (χ4v) is 2.81. The second-order valence-corrected chi connectivity index (χ2v) is 5.68. The van der Waals surface area contributed by atoms with Crippen molar-refractivity contribution in [2.24, 2.45) is 0 Å². The van der Waals surface area contributed by atoms with Crippen molar-refractivity contribution >= 4 is 17.2 Å². The predicted octanol–water partition coefficient (Wildman–Crippen LogP) is 2.59. The molecule has 108 valence electrons. The fourth-order valence-electron chi connectivity index (χ4n) is 1.90. The number of thiazole rings is 1. The van der Waals surface area contributed by atoms with Gasteiger partial charge in [0, 0.05) is 0 Å². The molecule has 0 spiro atoms. The monoisotopic (exact) mass is 294 g/mol. The van der Waals surface area contributed by atoms with Crippen LogP contribution in [0.3, 0.4) is 0 Å². The van der Waals surface area contributed by atoms with E-state index in [9.17, 15) is 4.79 Å². The topological polar surface area (TPSA) is 80.9 Å². The van der Waals surface area contributed by atoms with E-state index in [4.69, 9.17) is 4.52 Å². The highest BCUT2D eigenvalue weighted by Crippen LogP contribution is 2.21. The van der Waals surface area contributed by atoms with Gasteiger partial charge in [0.25, 0.3) is 5.91 Å². The number of nitrogens with zero attached hydrogens (tertiary/aromatic N) is 3. The molecule has 1 atom stereocenters. The maximum absolute atomic E-state index is 12.4. The van der Waals surface area contributed by atoms with Crippen molar-refractivity contribution in [2.75, 3.05) is 0 Å². The standard InChI is InChI=1S/C13H18N4O2S/c1-5-9-11(20-8(4)15-9)12(18)16-10(6-2)13-14-7(3)17-19-13/h10H,5-6H2,1-4H3,(H,16,18). The average Bonchev–Trinajstić information content (AvgIpc) is 3.01. The van der Waals surface area contributed by atoms with Gasteiger partial charge in [0.1, 0.15) is 10.9 Å². The third-order valence-electron chi connectivity index (χ3n) is 2.90. The van der Waals surface area contributed by atoms with Crippen LogP contribution in [-0.4, -0.2) is 21.0 Å². The third-order valence-corrected chi connectivity index (χ3v) is 3.91. The molecule has 20 heavy (non-hydrogen) atoms. The smallest absolute Gasteiger partial charge is 0.263 e. The first-order chi connectivity index (χ1) is 9.55. The van der Waals surface area contributed by atoms with Crippen molar-refractivity contribution in [3.8, 4) is 0 Å². The molecule has 1 amide bonds. The molecule has 0 aliphatic carbocycles. The molecule has 1 unspecified atom stereocenters. The van der Waals surface area contributed by atoms with Crippen molar-refractivity contribution in [1.82, 2.24) is 20.4 Å². The van der Waals surface area contributed by atoms with Gasteiger partial charge in [0.15, 0.2) is 5.82 Å². The van der Waals surface area contributed by atoms with Gasteiger partial charge in [-0.2, -0.15) is 4.98 Å². The lowest BCUT2D eigenvalue weighted by Gasteiger charge is -2.12. The summed E-state index contributed by atoms with van der Waals surface area (Å²) in [4.78, 5) is 21.6. The quantitative estimate of drug-likeness (QED) is 0.916. The number of amides is 1. The molecule has 0 aliphatic heterocycles. The lowest BCUT2D eigenvalue weighted by molar-refractivity contribution is 0.0930. The first kappa shape index (κ1) is 14.6. The molecule has 0 saturated heterocycles. The van der Waals surface area contributed by atoms with Gasteiger partial charge < -0.3 is 9.84 Å². The van der Waals surface area contributed by atoms with Crippen LogP contribution in [0, 0.1) is 13.8 Å². The van der Waals surface area contributed by atoms with E-state index in [1.54, 1.807) is 6.92 Å². The zero-order valence-corrected chi connectivity index (χ0v) is 12.9. The summed E-state index contributed by atoms with van der Waals surface area (Å²) >= 11 is 1.41. The van der Waals surface area contributed by atoms with E-state index in [2.05, 4.69) is 20.4 Å². The van der Waals surface area contributed by atoms with Gasteiger partial charge in [0.05, 0.1) is 10.7 Å². The molecule has 0 aliphatic rings. The number of carbonyl (C=O) groups excluding carboxylic acids is 1. The van der Waals surface area contributed by atoms with E-state index in [1.165, 1.54) is 11.3 Å². The number of nitrogens with one attached hydrogen (secondary N) is 1. The van der Waals surface area contributed by atoms with Crippen LogP contribution in [0.15, 0.2) is 4.52 Å². The summed E-state index contributed by atoms with van der Waals surface area (Å²) in [7, 11) is 0. The summed E-state index contributed by atoms with van der Waals surface area (Å²) in [6.07, 6.45) is 1.43. The van der Waals surface area contributed by atoms with Crippen molar-refractivity contribution in [3.05, 3.63) is 27.3 Å². The van der Waals surface area contributed by atoms with E-state index >= 15 is 0 Å². The molecule has 7 heteroatoms. The fraction of sp³-hybridized carbons (Fsp3) is 0.538. The highest BCUT2D eigenvalue weighted by molar-refractivity contribution is 7.13. The number of hydrogen-bond donors (Lipinski definition) is 1. The Morgan fingerprint density at radius 1 is 1.35 bits per heavy atom. The number of hydrogen-bond acceptors (Lipinski definition) is 6. The van der Waals surface area contributed by atoms with Gasteiger partial charge in [0.2, 0.25) is 5.89 Å². The number of carbonyl (C=O) groups is 1. The summed E-state index contributed by atoms with van der Waals surface area (Å²) in [6.45, 7) is 7.61.